The van der Waals surface area contributed by atoms with Crippen LogP contribution >= 0.6 is 11.6 Å². The first-order valence-electron chi connectivity index (χ1n) is 5.53. The first-order valence-corrected chi connectivity index (χ1v) is 5.91. The average molecular weight is 266 g/mol. The molecule has 0 saturated carbocycles. The summed E-state index contributed by atoms with van der Waals surface area (Å²) in [5.74, 6) is 0.196. The lowest BCUT2D eigenvalue weighted by Crippen LogP contribution is -2.14. The molecule has 0 aliphatic heterocycles. The van der Waals surface area contributed by atoms with Crippen LogP contribution < -0.4 is 4.74 Å². The third-order valence-electron chi connectivity index (χ3n) is 2.32. The molecule has 0 bridgehead atoms. The summed E-state index contributed by atoms with van der Waals surface area (Å²) in [6.07, 6.45) is 1.61. The maximum atomic E-state index is 11.2. The van der Waals surface area contributed by atoms with E-state index in [0.717, 1.165) is 10.9 Å². The van der Waals surface area contributed by atoms with Crippen molar-refractivity contribution in [2.24, 2.45) is 0 Å². The Labute approximate surface area is 109 Å². The number of carbonyl (C=O) groups is 1. The van der Waals surface area contributed by atoms with E-state index in [0.29, 0.717) is 17.4 Å². The molecule has 0 aliphatic carbocycles. The number of carbonyl (C=O) groups excluding carboxylic acids is 1. The van der Waals surface area contributed by atoms with Gasteiger partial charge in [0, 0.05) is 16.6 Å². The van der Waals surface area contributed by atoms with Crippen LogP contribution in [0.1, 0.15) is 6.92 Å². The minimum atomic E-state index is -0.392. The minimum Gasteiger partial charge on any atom is -0.481 e. The molecule has 4 nitrogen and oxygen atoms in total. The maximum absolute atomic E-state index is 11.2. The van der Waals surface area contributed by atoms with Crippen molar-refractivity contribution in [1.29, 1.82) is 0 Å². The second-order valence-electron chi connectivity index (χ2n) is 3.56. The molecule has 1 aromatic heterocycles. The van der Waals surface area contributed by atoms with E-state index < -0.39 is 5.97 Å². The van der Waals surface area contributed by atoms with Gasteiger partial charge in [-0.2, -0.15) is 0 Å². The predicted molar refractivity (Wildman–Crippen MR) is 68.9 cm³/mol. The third kappa shape index (κ3) is 2.90. The van der Waals surface area contributed by atoms with Gasteiger partial charge >= 0.3 is 5.97 Å². The number of fused-ring (bicyclic) bond motifs is 1. The minimum absolute atomic E-state index is 0.115. The zero-order chi connectivity index (χ0) is 13.0. The van der Waals surface area contributed by atoms with Crippen molar-refractivity contribution >= 4 is 28.5 Å². The summed E-state index contributed by atoms with van der Waals surface area (Å²) < 4.78 is 10.2. The standard InChI is InChI=1S/C13H12ClNO3/c1-2-17-13(16)8-18-12-5-6-15-11-7-9(14)3-4-10(11)12/h3-7H,2,8H2,1H3. The molecule has 0 atom stereocenters. The van der Waals surface area contributed by atoms with E-state index in [1.807, 2.05) is 6.07 Å². The Morgan fingerprint density at radius 1 is 1.39 bits per heavy atom. The van der Waals surface area contributed by atoms with Gasteiger partial charge in [0.2, 0.25) is 0 Å². The molecule has 1 aromatic carbocycles. The highest BCUT2D eigenvalue weighted by Gasteiger charge is 2.07. The van der Waals surface area contributed by atoms with E-state index in [-0.39, 0.29) is 6.61 Å². The van der Waals surface area contributed by atoms with Crippen molar-refractivity contribution in [2.45, 2.75) is 6.92 Å². The number of pyridine rings is 1. The number of hydrogen-bond acceptors (Lipinski definition) is 4. The van der Waals surface area contributed by atoms with Gasteiger partial charge in [-0.25, -0.2) is 4.79 Å². The number of rotatable bonds is 4. The zero-order valence-electron chi connectivity index (χ0n) is 9.85. The van der Waals surface area contributed by atoms with Gasteiger partial charge in [0.05, 0.1) is 12.1 Å². The number of esters is 1. The van der Waals surface area contributed by atoms with Gasteiger partial charge in [-0.1, -0.05) is 11.6 Å². The predicted octanol–water partition coefficient (Wildman–Crippen LogP) is 2.83. The Bertz CT molecular complexity index is 571. The number of halogens is 1. The average Bonchev–Trinajstić information content (AvgIpc) is 2.36. The summed E-state index contributed by atoms with van der Waals surface area (Å²) >= 11 is 5.88. The maximum Gasteiger partial charge on any atom is 0.344 e. The molecule has 1 heterocycles. The second-order valence-corrected chi connectivity index (χ2v) is 4.00. The number of aromatic nitrogens is 1. The van der Waals surface area contributed by atoms with E-state index in [4.69, 9.17) is 21.1 Å². The Balaban J connectivity index is 2.20. The molecule has 0 N–H and O–H groups in total. The highest BCUT2D eigenvalue weighted by atomic mass is 35.5. The van der Waals surface area contributed by atoms with Crippen LogP contribution in [0.3, 0.4) is 0 Å². The summed E-state index contributed by atoms with van der Waals surface area (Å²) in [5, 5.41) is 1.42. The zero-order valence-corrected chi connectivity index (χ0v) is 10.6. The Kier molecular flexibility index (Phi) is 3.99. The molecule has 0 spiro atoms. The van der Waals surface area contributed by atoms with Crippen LogP contribution in [0.5, 0.6) is 5.75 Å². The molecule has 0 radical (unpaired) electrons. The molecule has 0 saturated heterocycles. The van der Waals surface area contributed by atoms with Gasteiger partial charge in [-0.3, -0.25) is 4.98 Å². The number of benzene rings is 1. The lowest BCUT2D eigenvalue weighted by Gasteiger charge is -2.08. The molecular weight excluding hydrogens is 254 g/mol. The second kappa shape index (κ2) is 5.69. The van der Waals surface area contributed by atoms with Crippen LogP contribution in [0.4, 0.5) is 0 Å². The van der Waals surface area contributed by atoms with Crippen molar-refractivity contribution in [3.63, 3.8) is 0 Å². The molecule has 2 aromatic rings. The number of hydrogen-bond donors (Lipinski definition) is 0. The van der Waals surface area contributed by atoms with Crippen molar-refractivity contribution in [1.82, 2.24) is 4.98 Å². The fourth-order valence-corrected chi connectivity index (χ4v) is 1.73. The fourth-order valence-electron chi connectivity index (χ4n) is 1.56. The van der Waals surface area contributed by atoms with Gasteiger partial charge in [0.1, 0.15) is 5.75 Å². The molecule has 2 rings (SSSR count). The Hall–Kier alpha value is -1.81. The smallest absolute Gasteiger partial charge is 0.344 e. The van der Waals surface area contributed by atoms with Crippen LogP contribution in [-0.2, 0) is 9.53 Å². The van der Waals surface area contributed by atoms with Crippen LogP contribution in [0.15, 0.2) is 30.5 Å². The normalized spacial score (nSPS) is 10.3. The SMILES string of the molecule is CCOC(=O)COc1ccnc2cc(Cl)ccc12. The monoisotopic (exact) mass is 265 g/mol. The molecule has 18 heavy (non-hydrogen) atoms. The van der Waals surface area contributed by atoms with Crippen molar-refractivity contribution in [2.75, 3.05) is 13.2 Å². The summed E-state index contributed by atoms with van der Waals surface area (Å²) in [7, 11) is 0. The third-order valence-corrected chi connectivity index (χ3v) is 2.55. The van der Waals surface area contributed by atoms with E-state index in [1.165, 1.54) is 0 Å². The van der Waals surface area contributed by atoms with E-state index in [2.05, 4.69) is 4.98 Å². The summed E-state index contributed by atoms with van der Waals surface area (Å²) in [6.45, 7) is 1.98. The summed E-state index contributed by atoms with van der Waals surface area (Å²) in [4.78, 5) is 15.4. The highest BCUT2D eigenvalue weighted by Crippen LogP contribution is 2.26. The van der Waals surface area contributed by atoms with Crippen LogP contribution in [0, 0.1) is 0 Å². The summed E-state index contributed by atoms with van der Waals surface area (Å²) in [5.41, 5.74) is 0.726. The lowest BCUT2D eigenvalue weighted by molar-refractivity contribution is -0.145. The van der Waals surface area contributed by atoms with Crippen LogP contribution in [-0.4, -0.2) is 24.2 Å². The molecule has 0 amide bonds. The van der Waals surface area contributed by atoms with E-state index in [9.17, 15) is 4.79 Å². The fraction of sp³-hybridized carbons (Fsp3) is 0.231. The lowest BCUT2D eigenvalue weighted by atomic mass is 10.2. The molecule has 0 unspecified atom stereocenters. The molecule has 0 fully saturated rings. The van der Waals surface area contributed by atoms with Gasteiger partial charge in [0.25, 0.3) is 0 Å². The van der Waals surface area contributed by atoms with E-state index >= 15 is 0 Å². The van der Waals surface area contributed by atoms with Gasteiger partial charge in [0.15, 0.2) is 6.61 Å². The Morgan fingerprint density at radius 2 is 2.22 bits per heavy atom. The molecule has 5 heteroatoms. The largest absolute Gasteiger partial charge is 0.481 e. The quantitative estimate of drug-likeness (QED) is 0.798. The molecule has 94 valence electrons. The first kappa shape index (κ1) is 12.6. The summed E-state index contributed by atoms with van der Waals surface area (Å²) in [6, 6.07) is 7.01. The van der Waals surface area contributed by atoms with Crippen LogP contribution in [0.25, 0.3) is 10.9 Å². The topological polar surface area (TPSA) is 48.4 Å². The number of ether oxygens (including phenoxy) is 2. The Morgan fingerprint density at radius 3 is 3.00 bits per heavy atom. The molecule has 0 aliphatic rings. The number of nitrogens with zero attached hydrogens (tertiary/aromatic N) is 1. The van der Waals surface area contributed by atoms with Crippen molar-refractivity contribution in [3.05, 3.63) is 35.5 Å². The van der Waals surface area contributed by atoms with Crippen molar-refractivity contribution < 1.29 is 14.3 Å². The van der Waals surface area contributed by atoms with Gasteiger partial charge in [-0.15, -0.1) is 0 Å². The first-order chi connectivity index (χ1) is 8.70. The molecular formula is C13H12ClNO3. The van der Waals surface area contributed by atoms with Crippen molar-refractivity contribution in [3.8, 4) is 5.75 Å². The highest BCUT2D eigenvalue weighted by molar-refractivity contribution is 6.31. The van der Waals surface area contributed by atoms with Crippen LogP contribution in [0.2, 0.25) is 5.02 Å². The van der Waals surface area contributed by atoms with Gasteiger partial charge in [-0.05, 0) is 31.2 Å². The van der Waals surface area contributed by atoms with E-state index in [1.54, 1.807) is 31.3 Å². The van der Waals surface area contributed by atoms with Gasteiger partial charge < -0.3 is 9.47 Å².